The number of aromatic nitrogens is 1. The van der Waals surface area contributed by atoms with Gasteiger partial charge in [0, 0.05) is 19.8 Å². The van der Waals surface area contributed by atoms with E-state index in [1.807, 2.05) is 11.9 Å². The first-order chi connectivity index (χ1) is 9.10. The van der Waals surface area contributed by atoms with Gasteiger partial charge in [-0.1, -0.05) is 41.4 Å². The summed E-state index contributed by atoms with van der Waals surface area (Å²) in [6.07, 6.45) is 1.65. The molecule has 0 spiro atoms. The number of halogens is 1. The third-order valence-corrected chi connectivity index (χ3v) is 3.24. The van der Waals surface area contributed by atoms with Crippen LogP contribution in [0.2, 0.25) is 5.02 Å². The molecule has 0 bridgehead atoms. The van der Waals surface area contributed by atoms with E-state index in [1.54, 1.807) is 12.3 Å². The van der Waals surface area contributed by atoms with E-state index in [-0.39, 0.29) is 6.61 Å². The molecule has 1 heterocycles. The van der Waals surface area contributed by atoms with Crippen LogP contribution in [-0.4, -0.2) is 17.1 Å². The Kier molecular flexibility index (Phi) is 4.40. The summed E-state index contributed by atoms with van der Waals surface area (Å²) >= 11 is 6.18. The van der Waals surface area contributed by atoms with Crippen molar-refractivity contribution in [1.82, 2.24) is 4.98 Å². The van der Waals surface area contributed by atoms with Crippen LogP contribution in [0.3, 0.4) is 0 Å². The van der Waals surface area contributed by atoms with Gasteiger partial charge in [0.05, 0.1) is 11.6 Å². The molecule has 3 nitrogen and oxygen atoms in total. The fourth-order valence-electron chi connectivity index (χ4n) is 1.88. The minimum atomic E-state index is -0.0469. The number of aryl methyl sites for hydroxylation is 1. The van der Waals surface area contributed by atoms with E-state index in [4.69, 9.17) is 16.7 Å². The average Bonchev–Trinajstić information content (AvgIpc) is 2.41. The number of rotatable bonds is 4. The molecule has 0 saturated carbocycles. The Balaban J connectivity index is 2.15. The standard InChI is InChI=1S/C15H17ClN2O/c1-11-3-5-12(6-4-11)9-18(2)15-14(16)7-13(10-19)8-17-15/h3-8,19H,9-10H2,1-2H3. The van der Waals surface area contributed by atoms with Crippen LogP contribution in [-0.2, 0) is 13.2 Å². The van der Waals surface area contributed by atoms with Crippen LogP contribution >= 0.6 is 11.6 Å². The van der Waals surface area contributed by atoms with Gasteiger partial charge in [-0.05, 0) is 24.1 Å². The number of pyridine rings is 1. The molecule has 0 aliphatic rings. The van der Waals surface area contributed by atoms with Crippen molar-refractivity contribution < 1.29 is 5.11 Å². The Morgan fingerprint density at radius 2 is 1.89 bits per heavy atom. The molecule has 0 atom stereocenters. The number of nitrogens with zero attached hydrogens (tertiary/aromatic N) is 2. The normalized spacial score (nSPS) is 10.5. The van der Waals surface area contributed by atoms with E-state index in [0.29, 0.717) is 5.02 Å². The summed E-state index contributed by atoms with van der Waals surface area (Å²) in [5.41, 5.74) is 3.17. The number of aliphatic hydroxyl groups excluding tert-OH is 1. The summed E-state index contributed by atoms with van der Waals surface area (Å²) in [6.45, 7) is 2.76. The molecular weight excluding hydrogens is 260 g/mol. The van der Waals surface area contributed by atoms with Crippen LogP contribution in [0.25, 0.3) is 0 Å². The maximum atomic E-state index is 9.04. The molecule has 0 aliphatic carbocycles. The third-order valence-electron chi connectivity index (χ3n) is 2.96. The van der Waals surface area contributed by atoms with Gasteiger partial charge in [-0.15, -0.1) is 0 Å². The second-order valence-electron chi connectivity index (χ2n) is 4.65. The zero-order chi connectivity index (χ0) is 13.8. The summed E-state index contributed by atoms with van der Waals surface area (Å²) in [5.74, 6) is 0.722. The molecule has 1 aromatic carbocycles. The first-order valence-corrected chi connectivity index (χ1v) is 6.50. The van der Waals surface area contributed by atoms with Crippen molar-refractivity contribution in [3.05, 3.63) is 58.2 Å². The fourth-order valence-corrected chi connectivity index (χ4v) is 2.21. The molecular formula is C15H17ClN2O. The lowest BCUT2D eigenvalue weighted by atomic mass is 10.1. The van der Waals surface area contributed by atoms with Crippen LogP contribution in [0, 0.1) is 6.92 Å². The van der Waals surface area contributed by atoms with Gasteiger partial charge in [-0.2, -0.15) is 0 Å². The Morgan fingerprint density at radius 1 is 1.21 bits per heavy atom. The molecule has 1 aromatic heterocycles. The SMILES string of the molecule is Cc1ccc(CN(C)c2ncc(CO)cc2Cl)cc1. The van der Waals surface area contributed by atoms with Crippen molar-refractivity contribution in [3.8, 4) is 0 Å². The molecule has 0 saturated heterocycles. The molecule has 0 unspecified atom stereocenters. The highest BCUT2D eigenvalue weighted by Gasteiger charge is 2.09. The summed E-state index contributed by atoms with van der Waals surface area (Å²) < 4.78 is 0. The summed E-state index contributed by atoms with van der Waals surface area (Å²) in [6, 6.07) is 10.1. The van der Waals surface area contributed by atoms with Gasteiger partial charge in [0.25, 0.3) is 0 Å². The molecule has 4 heteroatoms. The second-order valence-corrected chi connectivity index (χ2v) is 5.06. The maximum Gasteiger partial charge on any atom is 0.147 e. The third kappa shape index (κ3) is 3.46. The van der Waals surface area contributed by atoms with Crippen LogP contribution in [0.15, 0.2) is 36.5 Å². The van der Waals surface area contributed by atoms with Crippen LogP contribution < -0.4 is 4.90 Å². The van der Waals surface area contributed by atoms with Crippen LogP contribution in [0.4, 0.5) is 5.82 Å². The topological polar surface area (TPSA) is 36.4 Å². The van der Waals surface area contributed by atoms with Gasteiger partial charge < -0.3 is 10.0 Å². The molecule has 2 rings (SSSR count). The maximum absolute atomic E-state index is 9.04. The second kappa shape index (κ2) is 6.04. The zero-order valence-corrected chi connectivity index (χ0v) is 11.9. The van der Waals surface area contributed by atoms with E-state index in [0.717, 1.165) is 17.9 Å². The van der Waals surface area contributed by atoms with Crippen molar-refractivity contribution in [1.29, 1.82) is 0 Å². The van der Waals surface area contributed by atoms with E-state index >= 15 is 0 Å². The van der Waals surface area contributed by atoms with Crippen molar-refractivity contribution in [3.63, 3.8) is 0 Å². The van der Waals surface area contributed by atoms with Crippen molar-refractivity contribution in [2.75, 3.05) is 11.9 Å². The lowest BCUT2D eigenvalue weighted by Gasteiger charge is -2.19. The van der Waals surface area contributed by atoms with E-state index < -0.39 is 0 Å². The van der Waals surface area contributed by atoms with Crippen LogP contribution in [0.1, 0.15) is 16.7 Å². The fraction of sp³-hybridized carbons (Fsp3) is 0.267. The monoisotopic (exact) mass is 276 g/mol. The first kappa shape index (κ1) is 13.8. The van der Waals surface area contributed by atoms with Gasteiger partial charge in [-0.25, -0.2) is 4.98 Å². The Bertz CT molecular complexity index is 555. The average molecular weight is 277 g/mol. The molecule has 0 radical (unpaired) electrons. The number of benzene rings is 1. The Morgan fingerprint density at radius 3 is 2.47 bits per heavy atom. The molecule has 0 fully saturated rings. The van der Waals surface area contributed by atoms with Crippen molar-refractivity contribution in [2.45, 2.75) is 20.1 Å². The van der Waals surface area contributed by atoms with Gasteiger partial charge in [0.2, 0.25) is 0 Å². The lowest BCUT2D eigenvalue weighted by molar-refractivity contribution is 0.281. The van der Waals surface area contributed by atoms with Crippen molar-refractivity contribution >= 4 is 17.4 Å². The molecule has 0 aliphatic heterocycles. The molecule has 2 aromatic rings. The number of hydrogen-bond acceptors (Lipinski definition) is 3. The van der Waals surface area contributed by atoms with Gasteiger partial charge in [0.15, 0.2) is 0 Å². The highest BCUT2D eigenvalue weighted by atomic mass is 35.5. The highest BCUT2D eigenvalue weighted by Crippen LogP contribution is 2.24. The zero-order valence-electron chi connectivity index (χ0n) is 11.1. The summed E-state index contributed by atoms with van der Waals surface area (Å²) in [5, 5.41) is 9.60. The molecule has 1 N–H and O–H groups in total. The largest absolute Gasteiger partial charge is 0.392 e. The molecule has 100 valence electrons. The number of hydrogen-bond donors (Lipinski definition) is 1. The van der Waals surface area contributed by atoms with Gasteiger partial charge in [0.1, 0.15) is 5.82 Å². The summed E-state index contributed by atoms with van der Waals surface area (Å²) in [4.78, 5) is 6.29. The number of aliphatic hydroxyl groups is 1. The van der Waals surface area contributed by atoms with E-state index in [9.17, 15) is 0 Å². The number of anilines is 1. The Hall–Kier alpha value is -1.58. The predicted molar refractivity (Wildman–Crippen MR) is 78.5 cm³/mol. The molecule has 19 heavy (non-hydrogen) atoms. The quantitative estimate of drug-likeness (QED) is 0.932. The van der Waals surface area contributed by atoms with Gasteiger partial charge >= 0.3 is 0 Å². The van der Waals surface area contributed by atoms with Gasteiger partial charge in [-0.3, -0.25) is 0 Å². The summed E-state index contributed by atoms with van der Waals surface area (Å²) in [7, 11) is 1.95. The Labute approximate surface area is 118 Å². The smallest absolute Gasteiger partial charge is 0.147 e. The lowest BCUT2D eigenvalue weighted by Crippen LogP contribution is -2.18. The first-order valence-electron chi connectivity index (χ1n) is 6.12. The highest BCUT2D eigenvalue weighted by molar-refractivity contribution is 6.33. The minimum absolute atomic E-state index is 0.0469. The predicted octanol–water partition coefficient (Wildman–Crippen LogP) is 3.17. The molecule has 0 amide bonds. The van der Waals surface area contributed by atoms with Crippen molar-refractivity contribution in [2.24, 2.45) is 0 Å². The van der Waals surface area contributed by atoms with E-state index in [2.05, 4.69) is 36.2 Å². The van der Waals surface area contributed by atoms with Crippen LogP contribution in [0.5, 0.6) is 0 Å². The minimum Gasteiger partial charge on any atom is -0.392 e. The van der Waals surface area contributed by atoms with E-state index in [1.165, 1.54) is 11.1 Å².